The summed E-state index contributed by atoms with van der Waals surface area (Å²) in [5.74, 6) is -4.78. The maximum absolute atomic E-state index is 13.8. The first-order chi connectivity index (χ1) is 24.6. The molecule has 0 aliphatic carbocycles. The average molecular weight is 747 g/mol. The molecule has 0 radical (unpaired) electrons. The Bertz CT molecular complexity index is 1750. The van der Waals surface area contributed by atoms with E-state index >= 15 is 0 Å². The lowest BCUT2D eigenvalue weighted by Gasteiger charge is -2.36. The SMILES string of the molecule is COC(=O)c1cccc(N2CCO[C@H]([C@@H](OC(C)=O)C(=O)Nc3ccc(C#N)c(CN(C(=O)OC(C)(C)C)C(=O)OC(C)(C)C)c3)C2=O)c1OC(F)F. The molecular formula is C35H40F2N4O12. The molecule has 286 valence electrons. The van der Waals surface area contributed by atoms with Gasteiger partial charge >= 0.3 is 30.7 Å². The summed E-state index contributed by atoms with van der Waals surface area (Å²) >= 11 is 0. The molecule has 0 spiro atoms. The van der Waals surface area contributed by atoms with Gasteiger partial charge in [0, 0.05) is 19.2 Å². The van der Waals surface area contributed by atoms with Crippen molar-refractivity contribution in [3.05, 3.63) is 53.1 Å². The number of halogens is 2. The molecule has 2 aromatic carbocycles. The summed E-state index contributed by atoms with van der Waals surface area (Å²) in [7, 11) is 1.02. The highest BCUT2D eigenvalue weighted by Crippen LogP contribution is 2.36. The van der Waals surface area contributed by atoms with Gasteiger partial charge in [0.2, 0.25) is 6.10 Å². The molecule has 0 aromatic heterocycles. The number of nitrogens with zero attached hydrogens (tertiary/aromatic N) is 3. The molecule has 53 heavy (non-hydrogen) atoms. The summed E-state index contributed by atoms with van der Waals surface area (Å²) in [6, 6.07) is 9.47. The molecule has 4 amide bonds. The smallest absolute Gasteiger partial charge is 0.420 e. The van der Waals surface area contributed by atoms with Crippen molar-refractivity contribution >= 4 is 47.3 Å². The first kappa shape index (κ1) is 41.6. The van der Waals surface area contributed by atoms with Gasteiger partial charge in [-0.25, -0.2) is 19.3 Å². The number of esters is 2. The monoisotopic (exact) mass is 746 g/mol. The number of anilines is 2. The maximum atomic E-state index is 13.8. The van der Waals surface area contributed by atoms with Crippen LogP contribution in [0.2, 0.25) is 0 Å². The zero-order chi connectivity index (χ0) is 39.8. The van der Waals surface area contributed by atoms with Crippen molar-refractivity contribution in [2.45, 2.75) is 85.0 Å². The Morgan fingerprint density at radius 3 is 2.19 bits per heavy atom. The number of carbonyl (C=O) groups excluding carboxylic acids is 6. The molecule has 0 unspecified atom stereocenters. The number of rotatable bonds is 10. The van der Waals surface area contributed by atoms with Crippen LogP contribution in [0.15, 0.2) is 36.4 Å². The van der Waals surface area contributed by atoms with E-state index in [1.165, 1.54) is 30.3 Å². The van der Waals surface area contributed by atoms with Crippen LogP contribution in [-0.2, 0) is 44.6 Å². The third-order valence-electron chi connectivity index (χ3n) is 6.89. The first-order valence-electron chi connectivity index (χ1n) is 16.0. The third kappa shape index (κ3) is 11.3. The fourth-order valence-corrected chi connectivity index (χ4v) is 4.85. The Labute approximate surface area is 303 Å². The van der Waals surface area contributed by atoms with Crippen molar-refractivity contribution in [3.8, 4) is 11.8 Å². The average Bonchev–Trinajstić information content (AvgIpc) is 3.04. The van der Waals surface area contributed by atoms with Crippen LogP contribution in [0.1, 0.15) is 70.0 Å². The topological polar surface area (TPSA) is 200 Å². The number of alkyl halides is 2. The minimum absolute atomic E-state index is 0.00842. The number of methoxy groups -OCH3 is 1. The second-order valence-electron chi connectivity index (χ2n) is 13.4. The Kier molecular flexibility index (Phi) is 13.4. The van der Waals surface area contributed by atoms with Gasteiger partial charge in [0.25, 0.3) is 11.8 Å². The van der Waals surface area contributed by atoms with Gasteiger partial charge in [-0.05, 0) is 77.4 Å². The summed E-state index contributed by atoms with van der Waals surface area (Å²) in [6.45, 7) is 6.06. The molecule has 1 heterocycles. The van der Waals surface area contributed by atoms with Gasteiger partial charge in [-0.15, -0.1) is 0 Å². The Hall–Kier alpha value is -5.83. The maximum Gasteiger partial charge on any atom is 0.420 e. The van der Waals surface area contributed by atoms with E-state index in [0.717, 1.165) is 25.0 Å². The lowest BCUT2D eigenvalue weighted by Crippen LogP contribution is -2.56. The molecule has 2 atom stereocenters. The summed E-state index contributed by atoms with van der Waals surface area (Å²) in [5, 5.41) is 12.3. The minimum atomic E-state index is -3.40. The normalized spacial score (nSPS) is 15.1. The Morgan fingerprint density at radius 1 is 1.04 bits per heavy atom. The number of benzene rings is 2. The standard InChI is InChI=1S/C35H40F2N4O12/c1-19(42)50-26(27-29(44)40(14-15-49-27)24-11-9-10-23(30(45)48-8)25(24)51-31(36)37)28(43)39-22-13-12-20(17-38)21(16-22)18-41(32(46)52-34(2,3)4)33(47)53-35(5,6)7/h9-13,16,26-27,31H,14-15,18H2,1-8H3,(H,39,43)/t26-,27-/m1/s1. The fourth-order valence-electron chi connectivity index (χ4n) is 4.85. The van der Waals surface area contributed by atoms with Gasteiger partial charge in [0.15, 0.2) is 11.9 Å². The van der Waals surface area contributed by atoms with Gasteiger partial charge in [0.05, 0.1) is 37.6 Å². The quantitative estimate of drug-likeness (QED) is 0.254. The fraction of sp³-hybridized carbons (Fsp3) is 0.457. The van der Waals surface area contributed by atoms with E-state index in [0.29, 0.717) is 4.90 Å². The van der Waals surface area contributed by atoms with Crippen LogP contribution in [0.5, 0.6) is 5.75 Å². The molecule has 1 N–H and O–H groups in total. The minimum Gasteiger partial charge on any atom is -0.465 e. The van der Waals surface area contributed by atoms with Crippen LogP contribution in [-0.4, -0.2) is 91.1 Å². The number of hydrogen-bond acceptors (Lipinski definition) is 13. The predicted octanol–water partition coefficient (Wildman–Crippen LogP) is 4.92. The number of hydrogen-bond donors (Lipinski definition) is 1. The first-order valence-corrected chi connectivity index (χ1v) is 16.0. The van der Waals surface area contributed by atoms with Gasteiger partial charge in [-0.1, -0.05) is 6.07 Å². The molecule has 2 aromatic rings. The van der Waals surface area contributed by atoms with Crippen LogP contribution in [0.3, 0.4) is 0 Å². The zero-order valence-corrected chi connectivity index (χ0v) is 30.3. The number of ether oxygens (including phenoxy) is 6. The molecular weight excluding hydrogens is 706 g/mol. The molecule has 1 saturated heterocycles. The number of carbonyl (C=O) groups is 6. The summed E-state index contributed by atoms with van der Waals surface area (Å²) in [6.07, 6.45) is -5.92. The van der Waals surface area contributed by atoms with E-state index in [4.69, 9.17) is 18.9 Å². The highest BCUT2D eigenvalue weighted by Gasteiger charge is 2.44. The Balaban J connectivity index is 1.98. The van der Waals surface area contributed by atoms with E-state index in [-0.39, 0.29) is 35.7 Å². The van der Waals surface area contributed by atoms with Crippen LogP contribution in [0.25, 0.3) is 0 Å². The molecule has 1 aliphatic heterocycles. The van der Waals surface area contributed by atoms with Crippen molar-refractivity contribution in [2.24, 2.45) is 0 Å². The van der Waals surface area contributed by atoms with Gasteiger partial charge < -0.3 is 38.6 Å². The summed E-state index contributed by atoms with van der Waals surface area (Å²) < 4.78 is 57.7. The van der Waals surface area contributed by atoms with Crippen LogP contribution < -0.4 is 15.0 Å². The van der Waals surface area contributed by atoms with Crippen molar-refractivity contribution in [1.82, 2.24) is 4.90 Å². The molecule has 3 rings (SSSR count). The van der Waals surface area contributed by atoms with Crippen molar-refractivity contribution in [1.29, 1.82) is 5.26 Å². The zero-order valence-electron chi connectivity index (χ0n) is 30.3. The van der Waals surface area contributed by atoms with E-state index < -0.39 is 83.8 Å². The molecule has 1 aliphatic rings. The van der Waals surface area contributed by atoms with Crippen LogP contribution >= 0.6 is 0 Å². The lowest BCUT2D eigenvalue weighted by molar-refractivity contribution is -0.167. The van der Waals surface area contributed by atoms with Gasteiger partial charge in [-0.2, -0.15) is 14.0 Å². The van der Waals surface area contributed by atoms with E-state index in [9.17, 15) is 42.8 Å². The molecule has 0 bridgehead atoms. The van der Waals surface area contributed by atoms with E-state index in [1.807, 2.05) is 6.07 Å². The molecule has 18 heteroatoms. The van der Waals surface area contributed by atoms with Gasteiger partial charge in [-0.3, -0.25) is 14.4 Å². The number of imide groups is 1. The second-order valence-corrected chi connectivity index (χ2v) is 13.4. The van der Waals surface area contributed by atoms with Crippen molar-refractivity contribution < 1.29 is 66.0 Å². The third-order valence-corrected chi connectivity index (χ3v) is 6.89. The van der Waals surface area contributed by atoms with Gasteiger partial charge in [0.1, 0.15) is 16.8 Å². The van der Waals surface area contributed by atoms with E-state index in [1.54, 1.807) is 41.5 Å². The van der Waals surface area contributed by atoms with Crippen LogP contribution in [0.4, 0.5) is 29.7 Å². The predicted molar refractivity (Wildman–Crippen MR) is 180 cm³/mol. The van der Waals surface area contributed by atoms with E-state index in [2.05, 4.69) is 14.8 Å². The highest BCUT2D eigenvalue weighted by atomic mass is 19.3. The number of morpholine rings is 1. The molecule has 1 fully saturated rings. The number of nitriles is 1. The summed E-state index contributed by atoms with van der Waals surface area (Å²) in [5.41, 5.74) is -2.64. The highest BCUT2D eigenvalue weighted by molar-refractivity contribution is 6.06. The van der Waals surface area contributed by atoms with Crippen LogP contribution in [0, 0.1) is 11.3 Å². The van der Waals surface area contributed by atoms with Crippen molar-refractivity contribution in [3.63, 3.8) is 0 Å². The lowest BCUT2D eigenvalue weighted by atomic mass is 10.1. The summed E-state index contributed by atoms with van der Waals surface area (Å²) in [4.78, 5) is 79.8. The number of amides is 4. The Morgan fingerprint density at radius 2 is 1.66 bits per heavy atom. The largest absolute Gasteiger partial charge is 0.465 e. The second kappa shape index (κ2) is 17.1. The van der Waals surface area contributed by atoms with Crippen molar-refractivity contribution in [2.75, 3.05) is 30.5 Å². The molecule has 0 saturated carbocycles. The number of para-hydroxylation sites is 1. The number of nitrogens with one attached hydrogen (secondary N) is 1. The molecule has 16 nitrogen and oxygen atoms in total.